The van der Waals surface area contributed by atoms with Gasteiger partial charge in [-0.05, 0) is 23.6 Å². The molecule has 0 saturated carbocycles. The molecule has 1 aromatic rings. The molecule has 92 valence electrons. The normalized spacial score (nSPS) is 11.8. The minimum absolute atomic E-state index is 0.00222. The Hall–Kier alpha value is -1.66. The molecule has 0 saturated heterocycles. The zero-order valence-corrected chi connectivity index (χ0v) is 10.7. The summed E-state index contributed by atoms with van der Waals surface area (Å²) in [6.45, 7) is 0. The predicted molar refractivity (Wildman–Crippen MR) is 61.4 cm³/mol. The molecule has 0 heterocycles. The Kier molecular flexibility index (Phi) is 3.40. The molecule has 0 fully saturated rings. The summed E-state index contributed by atoms with van der Waals surface area (Å²) in [5, 5.41) is 10.9. The van der Waals surface area contributed by atoms with Gasteiger partial charge in [-0.3, -0.25) is 0 Å². The van der Waals surface area contributed by atoms with Gasteiger partial charge in [0.2, 0.25) is 0 Å². The van der Waals surface area contributed by atoms with Crippen LogP contribution < -0.4 is 5.43 Å². The van der Waals surface area contributed by atoms with Gasteiger partial charge in [-0.15, -0.1) is 0 Å². The molecule has 1 rings (SSSR count). The van der Waals surface area contributed by atoms with Crippen LogP contribution in [0.15, 0.2) is 28.0 Å². The maximum absolute atomic E-state index is 11.4. The summed E-state index contributed by atoms with van der Waals surface area (Å²) in [5.74, 6) is 0. The molecule has 9 heteroatoms. The number of diazo groups is 1. The summed E-state index contributed by atoms with van der Waals surface area (Å²) in [4.78, 5) is -0.375. The van der Waals surface area contributed by atoms with Crippen LogP contribution in [-0.4, -0.2) is 29.3 Å². The van der Waals surface area contributed by atoms with E-state index in [4.69, 9.17) is 5.39 Å². The highest BCUT2D eigenvalue weighted by Crippen LogP contribution is 2.24. The molecule has 7 nitrogen and oxygen atoms in total. The van der Waals surface area contributed by atoms with E-state index in [9.17, 15) is 16.8 Å². The number of nitrogens with zero attached hydrogens (tertiary/aromatic N) is 2. The lowest BCUT2D eigenvalue weighted by atomic mass is 10.3. The van der Waals surface area contributed by atoms with Crippen molar-refractivity contribution in [2.45, 2.75) is 9.79 Å². The molecule has 0 spiro atoms. The van der Waals surface area contributed by atoms with Crippen molar-refractivity contribution in [1.82, 2.24) is 0 Å². The first kappa shape index (κ1) is 13.4. The van der Waals surface area contributed by atoms with Gasteiger partial charge in [-0.25, -0.2) is 16.8 Å². The van der Waals surface area contributed by atoms with Gasteiger partial charge in [0.1, 0.15) is 5.69 Å². The Labute approximate surface area is 98.9 Å². The Balaban J connectivity index is 3.58. The van der Waals surface area contributed by atoms with Crippen molar-refractivity contribution in [2.24, 2.45) is 0 Å². The monoisotopic (exact) mass is 276 g/mol. The summed E-state index contributed by atoms with van der Waals surface area (Å²) >= 11 is 0. The first-order valence-corrected chi connectivity index (χ1v) is 8.09. The first-order chi connectivity index (χ1) is 7.66. The third-order valence-corrected chi connectivity index (χ3v) is 4.20. The second-order valence-corrected chi connectivity index (χ2v) is 7.41. The molecule has 0 atom stereocenters. The molecule has 0 aliphatic heterocycles. The SMILES string of the molecule is CS(=O)(=O)c1ccc(N[N+]#N)c(S(C)(=O)=O)c1. The third-order valence-electron chi connectivity index (χ3n) is 1.95. The Bertz CT molecular complexity index is 686. The van der Waals surface area contributed by atoms with Crippen molar-refractivity contribution in [3.8, 4) is 0 Å². The molecule has 0 amide bonds. The van der Waals surface area contributed by atoms with E-state index in [1.807, 2.05) is 0 Å². The molecule has 0 radical (unpaired) electrons. The summed E-state index contributed by atoms with van der Waals surface area (Å²) in [7, 11) is -7.14. The number of nitrogens with one attached hydrogen (secondary N) is 1. The van der Waals surface area contributed by atoms with E-state index in [-0.39, 0.29) is 15.5 Å². The van der Waals surface area contributed by atoms with Crippen LogP contribution in [0.25, 0.3) is 5.08 Å². The van der Waals surface area contributed by atoms with E-state index >= 15 is 0 Å². The number of rotatable bonds is 3. The van der Waals surface area contributed by atoms with Gasteiger partial charge in [0.15, 0.2) is 19.7 Å². The summed E-state index contributed by atoms with van der Waals surface area (Å²) < 4.78 is 45.5. The van der Waals surface area contributed by atoms with Gasteiger partial charge >= 0.3 is 5.08 Å². The number of hydrogen-bond acceptors (Lipinski definition) is 6. The molecule has 0 aliphatic rings. The van der Waals surface area contributed by atoms with Gasteiger partial charge < -0.3 is 0 Å². The van der Waals surface area contributed by atoms with Crippen molar-refractivity contribution in [3.05, 3.63) is 23.3 Å². The van der Waals surface area contributed by atoms with Crippen LogP contribution in [0.4, 0.5) is 5.69 Å². The van der Waals surface area contributed by atoms with E-state index in [1.165, 1.54) is 12.1 Å². The smallest absolute Gasteiger partial charge is 0.224 e. The van der Waals surface area contributed by atoms with E-state index in [0.29, 0.717) is 0 Å². The fraction of sp³-hybridized carbons (Fsp3) is 0.250. The van der Waals surface area contributed by atoms with Crippen molar-refractivity contribution < 1.29 is 16.8 Å². The first-order valence-electron chi connectivity index (χ1n) is 4.30. The minimum Gasteiger partial charge on any atom is -0.224 e. The van der Waals surface area contributed by atoms with Crippen LogP contribution >= 0.6 is 0 Å². The standard InChI is InChI=1S/C8H10N3O4S2/c1-16(12,13)6-3-4-7(10-11-9)8(5-6)17(2,14)15/h3-5,10H,1-2H3/q+1. The second-order valence-electron chi connectivity index (χ2n) is 3.41. The van der Waals surface area contributed by atoms with Crippen molar-refractivity contribution in [1.29, 1.82) is 5.39 Å². The summed E-state index contributed by atoms with van der Waals surface area (Å²) in [6.07, 6.45) is 1.90. The van der Waals surface area contributed by atoms with E-state index < -0.39 is 19.7 Å². The highest BCUT2D eigenvalue weighted by molar-refractivity contribution is 7.91. The molecule has 1 N–H and O–H groups in total. The topological polar surface area (TPSA) is 108 Å². The summed E-state index contributed by atoms with van der Waals surface area (Å²) in [5.41, 5.74) is 2.07. The Morgan fingerprint density at radius 2 is 1.71 bits per heavy atom. The lowest BCUT2D eigenvalue weighted by molar-refractivity contribution is 0.600. The van der Waals surface area contributed by atoms with Gasteiger partial charge in [0.25, 0.3) is 5.39 Å². The van der Waals surface area contributed by atoms with Gasteiger partial charge in [0, 0.05) is 12.5 Å². The van der Waals surface area contributed by atoms with Crippen LogP contribution in [0.2, 0.25) is 0 Å². The highest BCUT2D eigenvalue weighted by atomic mass is 32.2. The van der Waals surface area contributed by atoms with Crippen LogP contribution in [0.5, 0.6) is 0 Å². The number of benzene rings is 1. The lowest BCUT2D eigenvalue weighted by Gasteiger charge is -2.04. The molecule has 0 unspecified atom stereocenters. The Morgan fingerprint density at radius 3 is 2.12 bits per heavy atom. The van der Waals surface area contributed by atoms with Crippen LogP contribution in [0.3, 0.4) is 0 Å². The summed E-state index contributed by atoms with van der Waals surface area (Å²) in [6, 6.07) is 3.45. The minimum atomic E-state index is -3.64. The van der Waals surface area contributed by atoms with Crippen molar-refractivity contribution >= 4 is 25.4 Å². The molecule has 1 aromatic carbocycles. The van der Waals surface area contributed by atoms with Crippen LogP contribution in [0.1, 0.15) is 0 Å². The fourth-order valence-corrected chi connectivity index (χ4v) is 2.76. The van der Waals surface area contributed by atoms with E-state index in [0.717, 1.165) is 18.6 Å². The van der Waals surface area contributed by atoms with Gasteiger partial charge in [-0.2, -0.15) is 0 Å². The fourth-order valence-electron chi connectivity index (χ4n) is 1.19. The maximum Gasteiger partial charge on any atom is 0.308 e. The number of sulfone groups is 2. The number of hydrogen-bond donors (Lipinski definition) is 1. The average Bonchev–Trinajstić information content (AvgIpc) is 2.15. The quantitative estimate of drug-likeness (QED) is 0.642. The highest BCUT2D eigenvalue weighted by Gasteiger charge is 2.19. The molecular weight excluding hydrogens is 266 g/mol. The largest absolute Gasteiger partial charge is 0.308 e. The van der Waals surface area contributed by atoms with Gasteiger partial charge in [-0.1, -0.05) is 0 Å². The third kappa shape index (κ3) is 3.15. The molecule has 0 aromatic heterocycles. The molecule has 0 aliphatic carbocycles. The Morgan fingerprint density at radius 1 is 1.12 bits per heavy atom. The lowest BCUT2D eigenvalue weighted by Crippen LogP contribution is -2.05. The van der Waals surface area contributed by atoms with Crippen molar-refractivity contribution in [3.63, 3.8) is 0 Å². The van der Waals surface area contributed by atoms with Crippen molar-refractivity contribution in [2.75, 3.05) is 17.9 Å². The maximum atomic E-state index is 11.4. The number of anilines is 1. The second kappa shape index (κ2) is 4.31. The molecular formula is C8H10N3O4S2+. The van der Waals surface area contributed by atoms with E-state index in [1.54, 1.807) is 0 Å². The van der Waals surface area contributed by atoms with Gasteiger partial charge in [0.05, 0.1) is 9.79 Å². The molecule has 0 bridgehead atoms. The van der Waals surface area contributed by atoms with E-state index in [2.05, 4.69) is 10.5 Å². The molecule has 17 heavy (non-hydrogen) atoms. The average molecular weight is 276 g/mol. The zero-order valence-electron chi connectivity index (χ0n) is 9.08. The predicted octanol–water partition coefficient (Wildman–Crippen LogP) is 0.674. The van der Waals surface area contributed by atoms with Crippen LogP contribution in [-0.2, 0) is 19.7 Å². The van der Waals surface area contributed by atoms with Crippen LogP contribution in [0, 0.1) is 5.39 Å². The zero-order chi connectivity index (χ0) is 13.3.